The van der Waals surface area contributed by atoms with Crippen LogP contribution in [0.25, 0.3) is 0 Å². The zero-order valence-electron chi connectivity index (χ0n) is 17.7. The molecule has 0 spiro atoms. The van der Waals surface area contributed by atoms with Gasteiger partial charge in [0, 0.05) is 37.0 Å². The summed E-state index contributed by atoms with van der Waals surface area (Å²) in [4.78, 5) is 41.6. The standard InChI is InChI=1S/C21H37N3O3/c1-6-15(7-2)19(26)23-13-10-16(11-14-23)22-18(25)17-9-8-12-24(17)20(27)21(3,4)5/h15-17H,6-14H2,1-5H3,(H,22,25). The molecule has 2 rings (SSSR count). The average molecular weight is 380 g/mol. The van der Waals surface area contributed by atoms with E-state index >= 15 is 0 Å². The highest BCUT2D eigenvalue weighted by Crippen LogP contribution is 2.26. The SMILES string of the molecule is CCC(CC)C(=O)N1CCC(NC(=O)C2CCCN2C(=O)C(C)(C)C)CC1. The lowest BCUT2D eigenvalue weighted by molar-refractivity contribution is -0.145. The van der Waals surface area contributed by atoms with Crippen LogP contribution in [0.15, 0.2) is 0 Å². The van der Waals surface area contributed by atoms with Gasteiger partial charge in [0.15, 0.2) is 0 Å². The molecule has 2 aliphatic rings. The molecule has 0 aromatic carbocycles. The summed E-state index contributed by atoms with van der Waals surface area (Å²) >= 11 is 0. The van der Waals surface area contributed by atoms with Crippen molar-refractivity contribution in [2.24, 2.45) is 11.3 Å². The number of carbonyl (C=O) groups excluding carboxylic acids is 3. The second-order valence-electron chi connectivity index (χ2n) is 9.03. The Balaban J connectivity index is 1.87. The van der Waals surface area contributed by atoms with Crippen LogP contribution in [0.3, 0.4) is 0 Å². The minimum absolute atomic E-state index is 0.0325. The van der Waals surface area contributed by atoms with Crippen LogP contribution in [0.5, 0.6) is 0 Å². The van der Waals surface area contributed by atoms with Crippen LogP contribution in [0.4, 0.5) is 0 Å². The predicted molar refractivity (Wildman–Crippen MR) is 106 cm³/mol. The average Bonchev–Trinajstić information content (AvgIpc) is 3.11. The summed E-state index contributed by atoms with van der Waals surface area (Å²) in [5.41, 5.74) is -0.469. The van der Waals surface area contributed by atoms with E-state index in [4.69, 9.17) is 0 Å². The molecule has 1 N–H and O–H groups in total. The van der Waals surface area contributed by atoms with Crippen molar-refractivity contribution in [2.45, 2.75) is 85.2 Å². The highest BCUT2D eigenvalue weighted by molar-refractivity contribution is 5.90. The quantitative estimate of drug-likeness (QED) is 0.798. The highest BCUT2D eigenvalue weighted by Gasteiger charge is 2.39. The molecule has 2 fully saturated rings. The van der Waals surface area contributed by atoms with Crippen molar-refractivity contribution in [2.75, 3.05) is 19.6 Å². The van der Waals surface area contributed by atoms with E-state index in [1.165, 1.54) is 0 Å². The third-order valence-corrected chi connectivity index (χ3v) is 5.95. The van der Waals surface area contributed by atoms with Gasteiger partial charge in [0.25, 0.3) is 0 Å². The monoisotopic (exact) mass is 379 g/mol. The lowest BCUT2D eigenvalue weighted by atomic mass is 9.94. The van der Waals surface area contributed by atoms with E-state index in [0.717, 1.165) is 38.5 Å². The lowest BCUT2D eigenvalue weighted by Gasteiger charge is -2.35. The Morgan fingerprint density at radius 1 is 1.00 bits per heavy atom. The predicted octanol–water partition coefficient (Wildman–Crippen LogP) is 2.57. The third kappa shape index (κ3) is 5.23. The van der Waals surface area contributed by atoms with Crippen molar-refractivity contribution >= 4 is 17.7 Å². The first kappa shape index (κ1) is 21.7. The fraction of sp³-hybridized carbons (Fsp3) is 0.857. The molecule has 3 amide bonds. The van der Waals surface area contributed by atoms with Crippen molar-refractivity contribution in [1.82, 2.24) is 15.1 Å². The fourth-order valence-corrected chi connectivity index (χ4v) is 4.15. The largest absolute Gasteiger partial charge is 0.351 e. The molecular formula is C21H37N3O3. The number of nitrogens with zero attached hydrogens (tertiary/aromatic N) is 2. The topological polar surface area (TPSA) is 69.7 Å². The van der Waals surface area contributed by atoms with Gasteiger partial charge in [-0.25, -0.2) is 0 Å². The fourth-order valence-electron chi connectivity index (χ4n) is 4.15. The summed E-state index contributed by atoms with van der Waals surface area (Å²) in [6.07, 6.45) is 4.95. The van der Waals surface area contributed by atoms with Gasteiger partial charge in [-0.1, -0.05) is 34.6 Å². The molecule has 1 unspecified atom stereocenters. The van der Waals surface area contributed by atoms with Gasteiger partial charge >= 0.3 is 0 Å². The summed E-state index contributed by atoms with van der Waals surface area (Å²) in [6, 6.07) is -0.253. The van der Waals surface area contributed by atoms with Crippen LogP contribution in [-0.4, -0.2) is 59.2 Å². The van der Waals surface area contributed by atoms with Crippen molar-refractivity contribution in [3.8, 4) is 0 Å². The van der Waals surface area contributed by atoms with Gasteiger partial charge in [-0.05, 0) is 38.5 Å². The Morgan fingerprint density at radius 3 is 2.11 bits per heavy atom. The number of rotatable bonds is 5. The van der Waals surface area contributed by atoms with Gasteiger partial charge in [0.05, 0.1) is 0 Å². The molecule has 0 radical (unpaired) electrons. The Bertz CT molecular complexity index is 543. The molecule has 0 aliphatic carbocycles. The van der Waals surface area contributed by atoms with Crippen molar-refractivity contribution in [1.29, 1.82) is 0 Å². The first-order chi connectivity index (χ1) is 12.7. The summed E-state index contributed by atoms with van der Waals surface area (Å²) in [7, 11) is 0. The van der Waals surface area contributed by atoms with E-state index < -0.39 is 5.41 Å². The highest BCUT2D eigenvalue weighted by atomic mass is 16.2. The van der Waals surface area contributed by atoms with Gasteiger partial charge in [0.2, 0.25) is 17.7 Å². The summed E-state index contributed by atoms with van der Waals surface area (Å²) < 4.78 is 0. The smallest absolute Gasteiger partial charge is 0.243 e. The number of carbonyl (C=O) groups is 3. The molecule has 0 aromatic rings. The van der Waals surface area contributed by atoms with Gasteiger partial charge in [-0.15, -0.1) is 0 Å². The summed E-state index contributed by atoms with van der Waals surface area (Å²) in [5, 5.41) is 3.14. The van der Waals surface area contributed by atoms with Crippen LogP contribution < -0.4 is 5.32 Å². The molecule has 2 aliphatic heterocycles. The van der Waals surface area contributed by atoms with Crippen LogP contribution in [0.1, 0.15) is 73.1 Å². The maximum atomic E-state index is 12.8. The van der Waals surface area contributed by atoms with Gasteiger partial charge in [0.1, 0.15) is 6.04 Å². The molecule has 1 atom stereocenters. The van der Waals surface area contributed by atoms with Crippen LogP contribution in [0, 0.1) is 11.3 Å². The molecule has 0 saturated carbocycles. The molecule has 2 heterocycles. The molecule has 6 nitrogen and oxygen atoms in total. The Kier molecular flexibility index (Phi) is 7.29. The first-order valence-corrected chi connectivity index (χ1v) is 10.6. The van der Waals surface area contributed by atoms with Gasteiger partial charge in [-0.3, -0.25) is 14.4 Å². The molecule has 154 valence electrons. The number of hydrogen-bond donors (Lipinski definition) is 1. The van der Waals surface area contributed by atoms with E-state index in [1.54, 1.807) is 4.90 Å². The molecule has 0 aromatic heterocycles. The molecular weight excluding hydrogens is 342 g/mol. The van der Waals surface area contributed by atoms with Crippen molar-refractivity contribution in [3.05, 3.63) is 0 Å². The minimum atomic E-state index is -0.469. The van der Waals surface area contributed by atoms with E-state index in [2.05, 4.69) is 19.2 Å². The second kappa shape index (κ2) is 9.07. The molecule has 2 saturated heterocycles. The van der Waals surface area contributed by atoms with E-state index in [9.17, 15) is 14.4 Å². The van der Waals surface area contributed by atoms with Crippen LogP contribution >= 0.6 is 0 Å². The minimum Gasteiger partial charge on any atom is -0.351 e. The maximum Gasteiger partial charge on any atom is 0.243 e. The first-order valence-electron chi connectivity index (χ1n) is 10.6. The Morgan fingerprint density at radius 2 is 1.59 bits per heavy atom. The third-order valence-electron chi connectivity index (χ3n) is 5.95. The maximum absolute atomic E-state index is 12.8. The zero-order chi connectivity index (χ0) is 20.2. The summed E-state index contributed by atoms with van der Waals surface area (Å²) in [5.74, 6) is 0.384. The lowest BCUT2D eigenvalue weighted by Crippen LogP contribution is -2.53. The molecule has 6 heteroatoms. The van der Waals surface area contributed by atoms with E-state index in [-0.39, 0.29) is 35.7 Å². The Hall–Kier alpha value is -1.59. The van der Waals surface area contributed by atoms with Crippen molar-refractivity contribution < 1.29 is 14.4 Å². The second-order valence-corrected chi connectivity index (χ2v) is 9.03. The molecule has 27 heavy (non-hydrogen) atoms. The van der Waals surface area contributed by atoms with Crippen LogP contribution in [0.2, 0.25) is 0 Å². The Labute approximate surface area is 164 Å². The van der Waals surface area contributed by atoms with Crippen molar-refractivity contribution in [3.63, 3.8) is 0 Å². The van der Waals surface area contributed by atoms with Crippen LogP contribution in [-0.2, 0) is 14.4 Å². The number of hydrogen-bond acceptors (Lipinski definition) is 3. The normalized spacial score (nSPS) is 21.6. The number of piperidine rings is 1. The molecule has 0 bridgehead atoms. The van der Waals surface area contributed by atoms with Gasteiger partial charge < -0.3 is 15.1 Å². The number of nitrogens with one attached hydrogen (secondary N) is 1. The van der Waals surface area contributed by atoms with E-state index in [0.29, 0.717) is 19.6 Å². The zero-order valence-corrected chi connectivity index (χ0v) is 17.7. The number of amides is 3. The van der Waals surface area contributed by atoms with Gasteiger partial charge in [-0.2, -0.15) is 0 Å². The van der Waals surface area contributed by atoms with E-state index in [1.807, 2.05) is 25.7 Å². The summed E-state index contributed by atoms with van der Waals surface area (Å²) in [6.45, 7) is 11.9. The number of likely N-dealkylation sites (tertiary alicyclic amines) is 2.